The van der Waals surface area contributed by atoms with Crippen molar-refractivity contribution in [3.8, 4) is 11.5 Å². The number of carbonyl (C=O) groups is 3. The van der Waals surface area contributed by atoms with Gasteiger partial charge < -0.3 is 19.9 Å². The lowest BCUT2D eigenvalue weighted by molar-refractivity contribution is -0.118. The SMILES string of the molecule is COc1cc(C=C2C(=O)N(c3cccc(C(=O)O)c3)N=C2C)ccc1OCC(=O)Nc1ccccc1Cl. The van der Waals surface area contributed by atoms with E-state index in [-0.39, 0.29) is 12.2 Å². The number of methoxy groups -OCH3 is 1. The smallest absolute Gasteiger partial charge is 0.335 e. The van der Waals surface area contributed by atoms with Crippen LogP contribution in [0.5, 0.6) is 11.5 Å². The molecule has 0 aliphatic carbocycles. The number of carboxylic acids is 1. The second-order valence-electron chi connectivity index (χ2n) is 7.94. The van der Waals surface area contributed by atoms with Crippen molar-refractivity contribution in [2.45, 2.75) is 6.92 Å². The summed E-state index contributed by atoms with van der Waals surface area (Å²) in [6, 6.07) is 17.9. The molecule has 3 aromatic rings. The van der Waals surface area contributed by atoms with Gasteiger partial charge in [0.25, 0.3) is 11.8 Å². The van der Waals surface area contributed by atoms with Gasteiger partial charge in [0.2, 0.25) is 0 Å². The Hall–Kier alpha value is -4.63. The van der Waals surface area contributed by atoms with Gasteiger partial charge in [0.15, 0.2) is 18.1 Å². The normalized spacial score (nSPS) is 13.9. The monoisotopic (exact) mass is 519 g/mol. The van der Waals surface area contributed by atoms with E-state index in [1.807, 2.05) is 0 Å². The Bertz CT molecular complexity index is 1450. The molecule has 0 unspecified atom stereocenters. The van der Waals surface area contributed by atoms with Gasteiger partial charge in [-0.05, 0) is 61.0 Å². The molecule has 10 heteroatoms. The summed E-state index contributed by atoms with van der Waals surface area (Å²) in [6.45, 7) is 1.42. The van der Waals surface area contributed by atoms with Crippen molar-refractivity contribution in [2.75, 3.05) is 24.0 Å². The third kappa shape index (κ3) is 5.79. The molecule has 0 fully saturated rings. The Morgan fingerprint density at radius 2 is 1.86 bits per heavy atom. The van der Waals surface area contributed by atoms with Crippen LogP contribution in [0.25, 0.3) is 6.08 Å². The Balaban J connectivity index is 1.48. The summed E-state index contributed by atoms with van der Waals surface area (Å²) in [6.07, 6.45) is 1.65. The lowest BCUT2D eigenvalue weighted by atomic mass is 10.1. The van der Waals surface area contributed by atoms with Crippen molar-refractivity contribution < 1.29 is 29.0 Å². The van der Waals surface area contributed by atoms with Crippen LogP contribution in [0.2, 0.25) is 5.02 Å². The Kier molecular flexibility index (Phi) is 7.55. The third-order valence-electron chi connectivity index (χ3n) is 5.41. The highest BCUT2D eigenvalue weighted by Gasteiger charge is 2.29. The van der Waals surface area contributed by atoms with Crippen LogP contribution in [0.3, 0.4) is 0 Å². The average Bonchev–Trinajstić information content (AvgIpc) is 3.17. The number of benzene rings is 3. The highest BCUT2D eigenvalue weighted by Crippen LogP contribution is 2.31. The molecule has 1 aliphatic heterocycles. The highest BCUT2D eigenvalue weighted by molar-refractivity contribution is 6.33. The zero-order chi connectivity index (χ0) is 26.5. The molecule has 0 spiro atoms. The zero-order valence-electron chi connectivity index (χ0n) is 19.9. The molecule has 4 rings (SSSR count). The molecule has 0 aromatic heterocycles. The van der Waals surface area contributed by atoms with Gasteiger partial charge in [0.05, 0.1) is 40.4 Å². The van der Waals surface area contributed by atoms with E-state index in [0.29, 0.717) is 44.7 Å². The first-order chi connectivity index (χ1) is 17.8. The van der Waals surface area contributed by atoms with Crippen molar-refractivity contribution in [1.82, 2.24) is 0 Å². The van der Waals surface area contributed by atoms with Crippen LogP contribution in [-0.2, 0) is 9.59 Å². The van der Waals surface area contributed by atoms with E-state index in [9.17, 15) is 19.5 Å². The molecule has 2 N–H and O–H groups in total. The number of carboxylic acid groups (broad SMARTS) is 1. The van der Waals surface area contributed by atoms with Crippen LogP contribution in [0.15, 0.2) is 77.4 Å². The molecule has 0 atom stereocenters. The standard InChI is InChI=1S/C27H22ClN3O6/c1-16-20(26(33)31(30-16)19-7-5-6-18(14-19)27(34)35)12-17-10-11-23(24(13-17)36-2)37-15-25(32)29-22-9-4-3-8-21(22)28/h3-14H,15H2,1-2H3,(H,29,32)(H,34,35). The number of rotatable bonds is 8. The Morgan fingerprint density at radius 3 is 2.59 bits per heavy atom. The minimum Gasteiger partial charge on any atom is -0.493 e. The van der Waals surface area contributed by atoms with Gasteiger partial charge in [-0.1, -0.05) is 35.9 Å². The maximum absolute atomic E-state index is 13.1. The number of nitrogens with zero attached hydrogens (tertiary/aromatic N) is 2. The van der Waals surface area contributed by atoms with Gasteiger partial charge in [-0.3, -0.25) is 9.59 Å². The number of para-hydroxylation sites is 1. The van der Waals surface area contributed by atoms with Gasteiger partial charge in [-0.2, -0.15) is 10.1 Å². The van der Waals surface area contributed by atoms with E-state index in [1.54, 1.807) is 67.6 Å². The Labute approximate surface area is 217 Å². The number of amides is 2. The van der Waals surface area contributed by atoms with Crippen molar-refractivity contribution in [2.24, 2.45) is 5.10 Å². The summed E-state index contributed by atoms with van der Waals surface area (Å²) in [5.41, 5.74) is 2.34. The van der Waals surface area contributed by atoms with Gasteiger partial charge in [-0.25, -0.2) is 4.79 Å². The molecular formula is C27H22ClN3O6. The molecule has 0 saturated heterocycles. The van der Waals surface area contributed by atoms with Crippen LogP contribution in [0, 0.1) is 0 Å². The summed E-state index contributed by atoms with van der Waals surface area (Å²) in [5, 5.41) is 17.8. The van der Waals surface area contributed by atoms with Crippen LogP contribution in [0.4, 0.5) is 11.4 Å². The van der Waals surface area contributed by atoms with E-state index in [0.717, 1.165) is 0 Å². The molecule has 188 valence electrons. The topological polar surface area (TPSA) is 118 Å². The maximum atomic E-state index is 13.1. The van der Waals surface area contributed by atoms with E-state index in [1.165, 1.54) is 24.3 Å². The van der Waals surface area contributed by atoms with Crippen LogP contribution in [-0.4, -0.2) is 42.3 Å². The molecule has 0 radical (unpaired) electrons. The van der Waals surface area contributed by atoms with Crippen molar-refractivity contribution >= 4 is 52.5 Å². The number of nitrogens with one attached hydrogen (secondary N) is 1. The molecule has 2 amide bonds. The largest absolute Gasteiger partial charge is 0.493 e. The van der Waals surface area contributed by atoms with Gasteiger partial charge in [0, 0.05) is 0 Å². The lowest BCUT2D eigenvalue weighted by Crippen LogP contribution is -2.21. The summed E-state index contributed by atoms with van der Waals surface area (Å²) in [5.74, 6) is -1.17. The fraction of sp³-hybridized carbons (Fsp3) is 0.111. The van der Waals surface area contributed by atoms with Crippen molar-refractivity contribution in [3.05, 3.63) is 88.5 Å². The molecule has 0 bridgehead atoms. The van der Waals surface area contributed by atoms with Crippen LogP contribution >= 0.6 is 11.6 Å². The van der Waals surface area contributed by atoms with E-state index >= 15 is 0 Å². The zero-order valence-corrected chi connectivity index (χ0v) is 20.7. The summed E-state index contributed by atoms with van der Waals surface area (Å²) in [7, 11) is 1.47. The second-order valence-corrected chi connectivity index (χ2v) is 8.35. The molecule has 9 nitrogen and oxygen atoms in total. The fourth-order valence-corrected chi connectivity index (χ4v) is 3.76. The molecule has 37 heavy (non-hydrogen) atoms. The quantitative estimate of drug-likeness (QED) is 0.410. The van der Waals surface area contributed by atoms with Gasteiger partial charge in [-0.15, -0.1) is 0 Å². The summed E-state index contributed by atoms with van der Waals surface area (Å²) in [4.78, 5) is 36.6. The maximum Gasteiger partial charge on any atom is 0.335 e. The first-order valence-electron chi connectivity index (χ1n) is 11.1. The van der Waals surface area contributed by atoms with Crippen molar-refractivity contribution in [3.63, 3.8) is 0 Å². The fourth-order valence-electron chi connectivity index (χ4n) is 3.58. The molecule has 0 saturated carbocycles. The van der Waals surface area contributed by atoms with Gasteiger partial charge in [0.1, 0.15) is 0 Å². The number of ether oxygens (including phenoxy) is 2. The van der Waals surface area contributed by atoms with E-state index in [2.05, 4.69) is 10.4 Å². The number of hydrazone groups is 1. The van der Waals surface area contributed by atoms with Crippen LogP contribution < -0.4 is 19.8 Å². The second kappa shape index (κ2) is 11.0. The molecule has 1 heterocycles. The first-order valence-corrected chi connectivity index (χ1v) is 11.4. The average molecular weight is 520 g/mol. The number of hydrogen-bond acceptors (Lipinski definition) is 6. The first kappa shape index (κ1) is 25.5. The number of anilines is 2. The van der Waals surface area contributed by atoms with Gasteiger partial charge >= 0.3 is 5.97 Å². The number of aromatic carboxylic acids is 1. The van der Waals surface area contributed by atoms with Crippen LogP contribution in [0.1, 0.15) is 22.8 Å². The van der Waals surface area contributed by atoms with Crippen molar-refractivity contribution in [1.29, 1.82) is 0 Å². The Morgan fingerprint density at radius 1 is 1.08 bits per heavy atom. The lowest BCUT2D eigenvalue weighted by Gasteiger charge is -2.13. The molecule has 1 aliphatic rings. The minimum absolute atomic E-state index is 0.0523. The number of carbonyl (C=O) groups excluding carboxylic acids is 2. The number of hydrogen-bond donors (Lipinski definition) is 2. The van der Waals surface area contributed by atoms with E-state index < -0.39 is 17.8 Å². The predicted molar refractivity (Wildman–Crippen MR) is 141 cm³/mol. The summed E-state index contributed by atoms with van der Waals surface area (Å²) < 4.78 is 11.0. The summed E-state index contributed by atoms with van der Waals surface area (Å²) >= 11 is 6.06. The predicted octanol–water partition coefficient (Wildman–Crippen LogP) is 4.87. The minimum atomic E-state index is -1.10. The number of halogens is 1. The molecule has 3 aromatic carbocycles. The highest BCUT2D eigenvalue weighted by atomic mass is 35.5. The molecular weight excluding hydrogens is 498 g/mol. The third-order valence-corrected chi connectivity index (χ3v) is 5.74. The van der Waals surface area contributed by atoms with E-state index in [4.69, 9.17) is 21.1 Å².